The minimum atomic E-state index is -1.03. The molecule has 0 saturated carbocycles. The normalized spacial score (nSPS) is 10.7. The molecule has 0 bridgehead atoms. The number of nitrogens with one attached hydrogen (secondary N) is 1. The highest BCUT2D eigenvalue weighted by Gasteiger charge is 2.11. The summed E-state index contributed by atoms with van der Waals surface area (Å²) in [6.45, 7) is 5.97. The summed E-state index contributed by atoms with van der Waals surface area (Å²) in [7, 11) is 0. The van der Waals surface area contributed by atoms with Gasteiger partial charge in [0.2, 0.25) is 0 Å². The van der Waals surface area contributed by atoms with Gasteiger partial charge in [-0.25, -0.2) is 9.78 Å². The average molecular weight is 287 g/mol. The Hall–Kier alpha value is -1.33. The molecular formula is C13H19ClN2O3. The van der Waals surface area contributed by atoms with E-state index < -0.39 is 5.97 Å². The molecule has 0 aliphatic heterocycles. The number of nitrogens with zero attached hydrogens (tertiary/aromatic N) is 1. The first kappa shape index (κ1) is 15.7. The van der Waals surface area contributed by atoms with Gasteiger partial charge in [-0.05, 0) is 24.5 Å². The number of carboxylic acid groups (broad SMARTS) is 1. The maximum absolute atomic E-state index is 11.0. The molecule has 1 aromatic heterocycles. The molecule has 1 rings (SSSR count). The number of rotatable bonds is 8. The van der Waals surface area contributed by atoms with Gasteiger partial charge in [0.05, 0.1) is 6.61 Å². The fourth-order valence-corrected chi connectivity index (χ4v) is 1.55. The number of carbonyl (C=O) groups is 1. The van der Waals surface area contributed by atoms with Crippen LogP contribution in [0.5, 0.6) is 0 Å². The third-order valence-corrected chi connectivity index (χ3v) is 2.68. The van der Waals surface area contributed by atoms with Crippen molar-refractivity contribution in [3.63, 3.8) is 0 Å². The molecule has 1 aromatic rings. The SMILES string of the molecule is CC(C)CCOCCNc1nc(Cl)ccc1C(=O)O. The summed E-state index contributed by atoms with van der Waals surface area (Å²) >= 11 is 5.74. The second-order valence-electron chi connectivity index (χ2n) is 4.56. The first-order valence-electron chi connectivity index (χ1n) is 6.22. The highest BCUT2D eigenvalue weighted by atomic mass is 35.5. The molecule has 0 aromatic carbocycles. The van der Waals surface area contributed by atoms with Crippen molar-refractivity contribution in [1.82, 2.24) is 4.98 Å². The molecule has 106 valence electrons. The van der Waals surface area contributed by atoms with Gasteiger partial charge in [0.1, 0.15) is 16.5 Å². The molecule has 5 nitrogen and oxygen atoms in total. The lowest BCUT2D eigenvalue weighted by atomic mass is 10.1. The summed E-state index contributed by atoms with van der Waals surface area (Å²) in [4.78, 5) is 14.9. The standard InChI is InChI=1S/C13H19ClN2O3/c1-9(2)5-7-19-8-6-15-12-10(13(17)18)3-4-11(14)16-12/h3-4,9H,5-8H2,1-2H3,(H,15,16)(H,17,18). The maximum Gasteiger partial charge on any atom is 0.339 e. The van der Waals surface area contributed by atoms with Crippen LogP contribution in [-0.2, 0) is 4.74 Å². The molecule has 1 heterocycles. The molecule has 0 radical (unpaired) electrons. The van der Waals surface area contributed by atoms with Gasteiger partial charge < -0.3 is 15.2 Å². The van der Waals surface area contributed by atoms with Crippen molar-refractivity contribution < 1.29 is 14.6 Å². The van der Waals surface area contributed by atoms with Crippen LogP contribution >= 0.6 is 11.6 Å². The number of ether oxygens (including phenoxy) is 1. The van der Waals surface area contributed by atoms with Crippen molar-refractivity contribution >= 4 is 23.4 Å². The molecule has 0 aliphatic rings. The number of aromatic carboxylic acids is 1. The molecule has 19 heavy (non-hydrogen) atoms. The van der Waals surface area contributed by atoms with Gasteiger partial charge in [-0.1, -0.05) is 25.4 Å². The predicted molar refractivity (Wildman–Crippen MR) is 75.0 cm³/mol. The molecule has 0 aliphatic carbocycles. The van der Waals surface area contributed by atoms with E-state index in [0.717, 1.165) is 6.42 Å². The van der Waals surface area contributed by atoms with E-state index in [1.807, 2.05) is 0 Å². The van der Waals surface area contributed by atoms with Gasteiger partial charge >= 0.3 is 5.97 Å². The zero-order valence-corrected chi connectivity index (χ0v) is 11.9. The van der Waals surface area contributed by atoms with E-state index in [9.17, 15) is 4.79 Å². The summed E-state index contributed by atoms with van der Waals surface area (Å²) in [5.74, 6) is -0.152. The van der Waals surface area contributed by atoms with Gasteiger partial charge in [0, 0.05) is 13.2 Å². The van der Waals surface area contributed by atoms with Crippen LogP contribution in [0.25, 0.3) is 0 Å². The smallest absolute Gasteiger partial charge is 0.339 e. The van der Waals surface area contributed by atoms with Gasteiger partial charge in [-0.3, -0.25) is 0 Å². The zero-order valence-electron chi connectivity index (χ0n) is 11.1. The molecule has 2 N–H and O–H groups in total. The van der Waals surface area contributed by atoms with Crippen molar-refractivity contribution in [2.45, 2.75) is 20.3 Å². The quantitative estimate of drug-likeness (QED) is 0.568. The van der Waals surface area contributed by atoms with E-state index >= 15 is 0 Å². The number of hydrogen-bond acceptors (Lipinski definition) is 4. The molecule has 0 saturated heterocycles. The Bertz CT molecular complexity index is 424. The summed E-state index contributed by atoms with van der Waals surface area (Å²) in [6, 6.07) is 2.88. The van der Waals surface area contributed by atoms with Crippen molar-refractivity contribution in [3.05, 3.63) is 22.8 Å². The average Bonchev–Trinajstić information content (AvgIpc) is 2.33. The Morgan fingerprint density at radius 3 is 2.84 bits per heavy atom. The lowest BCUT2D eigenvalue weighted by molar-refractivity contribution is 0.0697. The highest BCUT2D eigenvalue weighted by Crippen LogP contribution is 2.16. The molecule has 0 amide bonds. The second-order valence-corrected chi connectivity index (χ2v) is 4.94. The first-order valence-corrected chi connectivity index (χ1v) is 6.60. The van der Waals surface area contributed by atoms with Crippen LogP contribution < -0.4 is 5.32 Å². The monoisotopic (exact) mass is 286 g/mol. The van der Waals surface area contributed by atoms with E-state index in [0.29, 0.717) is 25.7 Å². The van der Waals surface area contributed by atoms with Crippen LogP contribution in [0, 0.1) is 5.92 Å². The maximum atomic E-state index is 11.0. The molecule has 6 heteroatoms. The van der Waals surface area contributed by atoms with E-state index in [1.54, 1.807) is 0 Å². The summed E-state index contributed by atoms with van der Waals surface area (Å²) in [5.41, 5.74) is 0.103. The third-order valence-electron chi connectivity index (χ3n) is 2.47. The van der Waals surface area contributed by atoms with E-state index in [4.69, 9.17) is 21.4 Å². The van der Waals surface area contributed by atoms with E-state index in [-0.39, 0.29) is 16.5 Å². The van der Waals surface area contributed by atoms with E-state index in [2.05, 4.69) is 24.1 Å². The Kier molecular flexibility index (Phi) is 6.59. The van der Waals surface area contributed by atoms with Crippen LogP contribution in [0.2, 0.25) is 5.15 Å². The topological polar surface area (TPSA) is 71.5 Å². The number of pyridine rings is 1. The van der Waals surface area contributed by atoms with Crippen molar-refractivity contribution in [3.8, 4) is 0 Å². The molecule has 0 atom stereocenters. The summed E-state index contributed by atoms with van der Waals surface area (Å²) in [6.07, 6.45) is 1.01. The lowest BCUT2D eigenvalue weighted by Crippen LogP contribution is -2.14. The highest BCUT2D eigenvalue weighted by molar-refractivity contribution is 6.29. The summed E-state index contributed by atoms with van der Waals surface area (Å²) in [5, 5.41) is 12.2. The van der Waals surface area contributed by atoms with Crippen LogP contribution in [0.15, 0.2) is 12.1 Å². The minimum absolute atomic E-state index is 0.103. The van der Waals surface area contributed by atoms with Gasteiger partial charge in [-0.2, -0.15) is 0 Å². The van der Waals surface area contributed by atoms with Gasteiger partial charge in [0.25, 0.3) is 0 Å². The third kappa shape index (κ3) is 5.89. The van der Waals surface area contributed by atoms with Crippen LogP contribution in [0.4, 0.5) is 5.82 Å². The van der Waals surface area contributed by atoms with Crippen LogP contribution in [0.3, 0.4) is 0 Å². The van der Waals surface area contributed by atoms with Gasteiger partial charge in [0.15, 0.2) is 0 Å². The minimum Gasteiger partial charge on any atom is -0.478 e. The van der Waals surface area contributed by atoms with Crippen molar-refractivity contribution in [2.75, 3.05) is 25.1 Å². The number of aromatic nitrogens is 1. The molecule has 0 fully saturated rings. The van der Waals surface area contributed by atoms with Crippen LogP contribution in [-0.4, -0.2) is 35.8 Å². The number of anilines is 1. The summed E-state index contributed by atoms with van der Waals surface area (Å²) < 4.78 is 5.43. The van der Waals surface area contributed by atoms with Crippen molar-refractivity contribution in [1.29, 1.82) is 0 Å². The van der Waals surface area contributed by atoms with Crippen molar-refractivity contribution in [2.24, 2.45) is 5.92 Å². The van der Waals surface area contributed by atoms with Gasteiger partial charge in [-0.15, -0.1) is 0 Å². The second kappa shape index (κ2) is 7.96. The molecule has 0 spiro atoms. The Morgan fingerprint density at radius 2 is 2.21 bits per heavy atom. The fraction of sp³-hybridized carbons (Fsp3) is 0.538. The molecule has 0 unspecified atom stereocenters. The number of halogens is 1. The van der Waals surface area contributed by atoms with Crippen LogP contribution in [0.1, 0.15) is 30.6 Å². The lowest BCUT2D eigenvalue weighted by Gasteiger charge is -2.10. The number of hydrogen-bond donors (Lipinski definition) is 2. The Labute approximate surface area is 117 Å². The largest absolute Gasteiger partial charge is 0.478 e. The fourth-order valence-electron chi connectivity index (χ4n) is 1.41. The Balaban J connectivity index is 2.40. The molecular weight excluding hydrogens is 268 g/mol. The zero-order chi connectivity index (χ0) is 14.3. The first-order chi connectivity index (χ1) is 9.00. The van der Waals surface area contributed by atoms with E-state index in [1.165, 1.54) is 12.1 Å². The predicted octanol–water partition coefficient (Wildman–Crippen LogP) is 2.91. The Morgan fingerprint density at radius 1 is 1.47 bits per heavy atom. The number of carboxylic acids is 1.